The van der Waals surface area contributed by atoms with Gasteiger partial charge in [-0.3, -0.25) is 4.79 Å². The predicted octanol–water partition coefficient (Wildman–Crippen LogP) is 5.42. The normalized spacial score (nSPS) is 26.3. The van der Waals surface area contributed by atoms with E-state index in [2.05, 4.69) is 12.1 Å². The van der Waals surface area contributed by atoms with Gasteiger partial charge in [-0.15, -0.1) is 0 Å². The number of rotatable bonds is 3. The Morgan fingerprint density at radius 1 is 0.969 bits per heavy atom. The van der Waals surface area contributed by atoms with E-state index in [1.807, 2.05) is 37.0 Å². The van der Waals surface area contributed by atoms with Gasteiger partial charge in [-0.2, -0.15) is 10.5 Å². The molecule has 1 atom stereocenters. The first kappa shape index (κ1) is 20.5. The van der Waals surface area contributed by atoms with Gasteiger partial charge in [-0.1, -0.05) is 12.8 Å². The molecule has 0 amide bonds. The maximum absolute atomic E-state index is 13.5. The average molecular weight is 428 g/mol. The van der Waals surface area contributed by atoms with Crippen LogP contribution < -0.4 is 0 Å². The van der Waals surface area contributed by atoms with E-state index in [1.165, 1.54) is 6.26 Å². The monoisotopic (exact) mass is 427 g/mol. The number of furan rings is 2. The van der Waals surface area contributed by atoms with E-state index in [-0.39, 0.29) is 11.5 Å². The fraction of sp³-hybridized carbons (Fsp3) is 0.423. The Labute approximate surface area is 187 Å². The molecular formula is C26H25N3O3. The topological polar surface area (TPSA) is 94.2 Å². The molecule has 6 heteroatoms. The van der Waals surface area contributed by atoms with Gasteiger partial charge in [0.05, 0.1) is 12.5 Å². The summed E-state index contributed by atoms with van der Waals surface area (Å²) >= 11 is 0. The van der Waals surface area contributed by atoms with Gasteiger partial charge in [0.1, 0.15) is 23.4 Å². The highest BCUT2D eigenvalue weighted by Gasteiger charge is 2.69. The van der Waals surface area contributed by atoms with E-state index in [1.54, 1.807) is 18.4 Å². The van der Waals surface area contributed by atoms with Crippen molar-refractivity contribution >= 4 is 5.78 Å². The smallest absolute Gasteiger partial charge is 0.225 e. The Bertz CT molecular complexity index is 1190. The first-order chi connectivity index (χ1) is 15.4. The molecule has 0 saturated heterocycles. The molecule has 3 aliphatic rings. The number of hydrogen-bond acceptors (Lipinski definition) is 6. The van der Waals surface area contributed by atoms with Gasteiger partial charge in [-0.25, -0.2) is 4.90 Å². The maximum Gasteiger partial charge on any atom is 0.225 e. The van der Waals surface area contributed by atoms with Crippen LogP contribution in [0.25, 0.3) is 0 Å². The minimum absolute atomic E-state index is 0.238. The molecule has 0 spiro atoms. The average Bonchev–Trinajstić information content (AvgIpc) is 3.53. The van der Waals surface area contributed by atoms with E-state index in [9.17, 15) is 15.3 Å². The van der Waals surface area contributed by atoms with Crippen LogP contribution in [-0.4, -0.2) is 21.8 Å². The zero-order valence-electron chi connectivity index (χ0n) is 18.4. The summed E-state index contributed by atoms with van der Waals surface area (Å²) < 4.78 is 11.4. The molecule has 4 heterocycles. The van der Waals surface area contributed by atoms with Crippen LogP contribution in [0, 0.1) is 22.7 Å². The third-order valence-electron chi connectivity index (χ3n) is 7.33. The molecule has 162 valence electrons. The molecule has 0 fully saturated rings. The van der Waals surface area contributed by atoms with Crippen molar-refractivity contribution in [3.05, 3.63) is 71.1 Å². The summed E-state index contributed by atoms with van der Waals surface area (Å²) in [4.78, 5) is 15.5. The molecule has 0 aromatic carbocycles. The number of Topliss-reactive ketones (excluding diaryl/α,β-unsaturated/α-hetero) is 1. The third kappa shape index (κ3) is 2.45. The van der Waals surface area contributed by atoms with E-state index in [0.717, 1.165) is 43.3 Å². The van der Waals surface area contributed by atoms with E-state index in [4.69, 9.17) is 8.83 Å². The number of carbonyl (C=O) groups excluding carboxylic acids is 1. The first-order valence-electron chi connectivity index (χ1n) is 11.1. The molecule has 2 aromatic rings. The predicted molar refractivity (Wildman–Crippen MR) is 116 cm³/mol. The van der Waals surface area contributed by atoms with Crippen molar-refractivity contribution in [3.63, 3.8) is 0 Å². The molecule has 0 saturated carbocycles. The summed E-state index contributed by atoms with van der Waals surface area (Å²) in [5, 5.41) is 21.0. The van der Waals surface area contributed by atoms with Gasteiger partial charge in [0.2, 0.25) is 11.3 Å². The van der Waals surface area contributed by atoms with Gasteiger partial charge >= 0.3 is 0 Å². The second kappa shape index (κ2) is 7.08. The summed E-state index contributed by atoms with van der Waals surface area (Å²) in [6.07, 6.45) is 10.6. The maximum atomic E-state index is 13.5. The third-order valence-corrected chi connectivity index (χ3v) is 7.33. The van der Waals surface area contributed by atoms with E-state index < -0.39 is 16.6 Å². The molecule has 0 radical (unpaired) electrons. The van der Waals surface area contributed by atoms with Crippen LogP contribution in [-0.2, 0) is 5.54 Å². The molecule has 6 nitrogen and oxygen atoms in total. The van der Waals surface area contributed by atoms with Crippen LogP contribution >= 0.6 is 0 Å². The minimum Gasteiger partial charge on any atom is -0.467 e. The highest BCUT2D eigenvalue weighted by molar-refractivity contribution is 6.09. The van der Waals surface area contributed by atoms with Gasteiger partial charge in [0, 0.05) is 11.1 Å². The standard InChI is InChI=1S/C26H25N3O3/c1-24(2)20(23(30)21-11-7-13-31-21)15-26(22-12-8-14-32-22)19-10-6-4-3-5-9-18(19)25(16-27,17-28)29(24)26/h7-8,11-15H,3-6,9-10H2,1-2H3. The molecule has 2 aliphatic heterocycles. The Kier molecular flexibility index (Phi) is 4.55. The highest BCUT2D eigenvalue weighted by Crippen LogP contribution is 2.63. The molecule has 32 heavy (non-hydrogen) atoms. The lowest BCUT2D eigenvalue weighted by Gasteiger charge is -2.45. The number of hydrogen-bond donors (Lipinski definition) is 0. The number of ketones is 1. The fourth-order valence-corrected chi connectivity index (χ4v) is 6.10. The van der Waals surface area contributed by atoms with Crippen molar-refractivity contribution in [3.8, 4) is 12.1 Å². The van der Waals surface area contributed by atoms with Gasteiger partial charge in [0.25, 0.3) is 0 Å². The molecule has 1 aliphatic carbocycles. The van der Waals surface area contributed by atoms with Crippen molar-refractivity contribution in [1.82, 2.24) is 4.90 Å². The fourth-order valence-electron chi connectivity index (χ4n) is 6.10. The number of fused-ring (bicyclic) bond motifs is 2. The first-order valence-corrected chi connectivity index (χ1v) is 11.1. The SMILES string of the molecule is CC1(C)C(C(=O)c2ccco2)=CC2(c3ccco3)C3=C(CCCCCC3)C(C#N)(C#N)N12. The second-order valence-corrected chi connectivity index (χ2v) is 9.31. The Morgan fingerprint density at radius 2 is 1.62 bits per heavy atom. The largest absolute Gasteiger partial charge is 0.467 e. The molecule has 1 unspecified atom stereocenters. The van der Waals surface area contributed by atoms with Crippen molar-refractivity contribution in [2.24, 2.45) is 0 Å². The molecule has 5 rings (SSSR count). The molecule has 0 bridgehead atoms. The van der Waals surface area contributed by atoms with Crippen molar-refractivity contribution in [1.29, 1.82) is 10.5 Å². The number of carbonyl (C=O) groups is 1. The Hall–Kier alpha value is -3.35. The number of nitriles is 2. The van der Waals surface area contributed by atoms with Gasteiger partial charge < -0.3 is 8.83 Å². The van der Waals surface area contributed by atoms with Crippen molar-refractivity contribution < 1.29 is 13.6 Å². The van der Waals surface area contributed by atoms with E-state index >= 15 is 0 Å². The van der Waals surface area contributed by atoms with Crippen LogP contribution in [0.5, 0.6) is 0 Å². The van der Waals surface area contributed by atoms with Crippen molar-refractivity contribution in [2.75, 3.05) is 0 Å². The van der Waals surface area contributed by atoms with Crippen LogP contribution in [0.15, 0.2) is 68.4 Å². The van der Waals surface area contributed by atoms with Crippen LogP contribution in [0.4, 0.5) is 0 Å². The minimum atomic E-state index is -1.48. The summed E-state index contributed by atoms with van der Waals surface area (Å²) in [6.45, 7) is 3.82. The molecule has 0 N–H and O–H groups in total. The summed E-state index contributed by atoms with van der Waals surface area (Å²) in [5.41, 5.74) is -0.929. The second-order valence-electron chi connectivity index (χ2n) is 9.31. The molecule has 2 aromatic heterocycles. The zero-order chi connectivity index (χ0) is 22.6. The number of nitrogens with zero attached hydrogens (tertiary/aromatic N) is 3. The quantitative estimate of drug-likeness (QED) is 0.479. The summed E-state index contributed by atoms with van der Waals surface area (Å²) in [7, 11) is 0. The highest BCUT2D eigenvalue weighted by atomic mass is 16.3. The lowest BCUT2D eigenvalue weighted by molar-refractivity contribution is 0.0498. The molecular weight excluding hydrogens is 402 g/mol. The van der Waals surface area contributed by atoms with Crippen LogP contribution in [0.3, 0.4) is 0 Å². The van der Waals surface area contributed by atoms with Gasteiger partial charge in [0.15, 0.2) is 5.76 Å². The van der Waals surface area contributed by atoms with Gasteiger partial charge in [-0.05, 0) is 81.0 Å². The lowest BCUT2D eigenvalue weighted by atomic mass is 9.78. The van der Waals surface area contributed by atoms with Crippen molar-refractivity contribution in [2.45, 2.75) is 69.0 Å². The Morgan fingerprint density at radius 3 is 2.22 bits per heavy atom. The van der Waals surface area contributed by atoms with Crippen LogP contribution in [0.2, 0.25) is 0 Å². The summed E-state index contributed by atoms with van der Waals surface area (Å²) in [6, 6.07) is 11.8. The lowest BCUT2D eigenvalue weighted by Crippen LogP contribution is -2.59. The van der Waals surface area contributed by atoms with Crippen LogP contribution in [0.1, 0.15) is 68.7 Å². The summed E-state index contributed by atoms with van der Waals surface area (Å²) in [5.74, 6) is 0.637. The van der Waals surface area contributed by atoms with E-state index in [0.29, 0.717) is 17.8 Å². The zero-order valence-corrected chi connectivity index (χ0v) is 18.4. The Balaban J connectivity index is 1.84.